The zero-order valence-corrected chi connectivity index (χ0v) is 22.6. The molecule has 4 rings (SSSR count). The number of hydrogen-bond acceptors (Lipinski definition) is 6. The molecular formula is C26H32Cl2N3O3S+. The van der Waals surface area contributed by atoms with Gasteiger partial charge in [0.15, 0.2) is 5.75 Å². The second kappa shape index (κ2) is 10.0. The molecule has 0 amide bonds. The van der Waals surface area contributed by atoms with Crippen molar-refractivity contribution in [1.29, 1.82) is 5.26 Å². The van der Waals surface area contributed by atoms with Gasteiger partial charge in [-0.2, -0.15) is 10.5 Å². The third-order valence-corrected chi connectivity index (χ3v) is 7.75. The van der Waals surface area contributed by atoms with Gasteiger partial charge in [-0.05, 0) is 66.5 Å². The molecule has 9 heteroatoms. The van der Waals surface area contributed by atoms with Gasteiger partial charge in [0.05, 0.1) is 28.6 Å². The molecule has 188 valence electrons. The lowest BCUT2D eigenvalue weighted by Gasteiger charge is -2.57. The first-order chi connectivity index (χ1) is 16.4. The molecule has 6 nitrogen and oxygen atoms in total. The zero-order valence-electron chi connectivity index (χ0n) is 20.2. The normalized spacial score (nSPS) is 25.2. The highest BCUT2D eigenvalue weighted by molar-refractivity contribution is 7.74. The quantitative estimate of drug-likeness (QED) is 0.158. The third kappa shape index (κ3) is 5.85. The first kappa shape index (κ1) is 26.4. The van der Waals surface area contributed by atoms with Crippen LogP contribution in [0.4, 0.5) is 0 Å². The molecule has 0 heterocycles. The van der Waals surface area contributed by atoms with E-state index in [-0.39, 0.29) is 18.1 Å². The maximum absolute atomic E-state index is 9.73. The summed E-state index contributed by atoms with van der Waals surface area (Å²) in [5.41, 5.74) is 5.46. The number of rotatable bonds is 9. The number of ether oxygens (including phenoxy) is 2. The van der Waals surface area contributed by atoms with Crippen molar-refractivity contribution in [1.82, 2.24) is 5.43 Å². The van der Waals surface area contributed by atoms with E-state index in [2.05, 4.69) is 50.3 Å². The molecule has 1 unspecified atom stereocenters. The maximum atomic E-state index is 9.73. The summed E-state index contributed by atoms with van der Waals surface area (Å²) in [7, 11) is 1.59. The molecule has 0 radical (unpaired) electrons. The van der Waals surface area contributed by atoms with E-state index in [1.54, 1.807) is 7.05 Å². The van der Waals surface area contributed by atoms with Gasteiger partial charge in [0.25, 0.3) is 0 Å². The summed E-state index contributed by atoms with van der Waals surface area (Å²) in [6.07, 6.45) is 4.37. The van der Waals surface area contributed by atoms with E-state index < -0.39 is 4.16 Å². The fourth-order valence-corrected chi connectivity index (χ4v) is 5.89. The first-order valence-electron chi connectivity index (χ1n) is 11.7. The van der Waals surface area contributed by atoms with Crippen LogP contribution in [0.15, 0.2) is 36.4 Å². The van der Waals surface area contributed by atoms with E-state index in [0.29, 0.717) is 33.7 Å². The van der Waals surface area contributed by atoms with Crippen molar-refractivity contribution in [2.24, 2.45) is 5.41 Å². The molecule has 2 saturated carbocycles. The molecule has 0 aliphatic heterocycles. The Morgan fingerprint density at radius 1 is 1.20 bits per heavy atom. The molecule has 2 fully saturated rings. The van der Waals surface area contributed by atoms with Crippen molar-refractivity contribution in [3.8, 4) is 17.6 Å². The predicted molar refractivity (Wildman–Crippen MR) is 140 cm³/mol. The lowest BCUT2D eigenvalue weighted by Crippen LogP contribution is -2.62. The van der Waals surface area contributed by atoms with Crippen LogP contribution in [-0.2, 0) is 5.41 Å². The number of hydroxylamine groups is 1. The average Bonchev–Trinajstić information content (AvgIpc) is 2.74. The molecule has 35 heavy (non-hydrogen) atoms. The van der Waals surface area contributed by atoms with Crippen LogP contribution in [0, 0.1) is 16.7 Å². The fraction of sp³-hybridized carbons (Fsp3) is 0.500. The Bertz CT molecular complexity index is 1100. The van der Waals surface area contributed by atoms with Gasteiger partial charge in [-0.25, -0.2) is 0 Å². The second-order valence-electron chi connectivity index (χ2n) is 10.4. The van der Waals surface area contributed by atoms with Crippen LogP contribution in [0.25, 0.3) is 0 Å². The summed E-state index contributed by atoms with van der Waals surface area (Å²) >= 11 is 16.3. The van der Waals surface area contributed by atoms with Crippen molar-refractivity contribution in [2.45, 2.75) is 57.1 Å². The summed E-state index contributed by atoms with van der Waals surface area (Å²) in [6.45, 7) is 4.50. The largest absolute Gasteiger partial charge is 0.490 e. The number of nitrogens with one attached hydrogen (secondary N) is 1. The summed E-state index contributed by atoms with van der Waals surface area (Å²) in [4.78, 5) is 0. The summed E-state index contributed by atoms with van der Waals surface area (Å²) in [5.74, 6) is 1.55. The van der Waals surface area contributed by atoms with E-state index in [0.717, 1.165) is 42.6 Å². The number of quaternary nitrogens is 1. The van der Waals surface area contributed by atoms with Gasteiger partial charge in [-0.15, -0.1) is 17.0 Å². The minimum Gasteiger partial charge on any atom is -0.490 e. The molecule has 0 saturated heterocycles. The summed E-state index contributed by atoms with van der Waals surface area (Å²) in [5, 5.41) is 19.8. The summed E-state index contributed by atoms with van der Waals surface area (Å²) < 4.78 is 11.3. The van der Waals surface area contributed by atoms with Crippen molar-refractivity contribution < 1.29 is 18.8 Å². The molecule has 0 aromatic heterocycles. The number of thiol groups is 1. The molecule has 1 atom stereocenters. The van der Waals surface area contributed by atoms with Crippen LogP contribution in [-0.4, -0.2) is 41.0 Å². The van der Waals surface area contributed by atoms with Crippen molar-refractivity contribution in [3.05, 3.63) is 58.1 Å². The van der Waals surface area contributed by atoms with Crippen molar-refractivity contribution in [3.63, 3.8) is 0 Å². The zero-order chi connectivity index (χ0) is 25.4. The Morgan fingerprint density at radius 3 is 2.43 bits per heavy atom. The van der Waals surface area contributed by atoms with Gasteiger partial charge >= 0.3 is 0 Å². The molecule has 1 spiro atoms. The van der Waals surface area contributed by atoms with Crippen molar-refractivity contribution in [2.75, 3.05) is 19.5 Å². The van der Waals surface area contributed by atoms with Gasteiger partial charge in [0.2, 0.25) is 0 Å². The SMILES string of the molecule is CC(C)(c1ccc(OC2CC3(CC(N[N+](C)(O)S)C3)C2)cc1)c1cc(Cl)c(OCCCl)c(C#N)c1. The lowest BCUT2D eigenvalue weighted by molar-refractivity contribution is -1.01. The molecule has 2 N–H and O–H groups in total. The maximum Gasteiger partial charge on any atom is 0.155 e. The van der Waals surface area contributed by atoms with Gasteiger partial charge in [0, 0.05) is 5.41 Å². The van der Waals surface area contributed by atoms with Crippen LogP contribution in [0.3, 0.4) is 0 Å². The van der Waals surface area contributed by atoms with Crippen molar-refractivity contribution >= 4 is 36.0 Å². The second-order valence-corrected chi connectivity index (χ2v) is 12.0. The van der Waals surface area contributed by atoms with E-state index >= 15 is 0 Å². The monoisotopic (exact) mass is 536 g/mol. The molecular weight excluding hydrogens is 505 g/mol. The number of nitrogens with zero attached hydrogens (tertiary/aromatic N) is 2. The van der Waals surface area contributed by atoms with Gasteiger partial charge in [0.1, 0.15) is 38.3 Å². The highest BCUT2D eigenvalue weighted by Crippen LogP contribution is 2.57. The molecule has 2 aromatic rings. The Labute approximate surface area is 222 Å². The minimum atomic E-state index is -0.501. The van der Waals surface area contributed by atoms with Crippen LogP contribution in [0.1, 0.15) is 56.2 Å². The summed E-state index contributed by atoms with van der Waals surface area (Å²) in [6, 6.07) is 14.3. The fourth-order valence-electron chi connectivity index (χ4n) is 5.38. The highest BCUT2D eigenvalue weighted by atomic mass is 35.5. The highest BCUT2D eigenvalue weighted by Gasteiger charge is 2.55. The van der Waals surface area contributed by atoms with E-state index in [4.69, 9.17) is 32.7 Å². The Balaban J connectivity index is 1.38. The van der Waals surface area contributed by atoms with Gasteiger partial charge in [-0.3, -0.25) is 0 Å². The molecule has 2 aliphatic carbocycles. The number of benzene rings is 2. The van der Waals surface area contributed by atoms with E-state index in [9.17, 15) is 10.5 Å². The van der Waals surface area contributed by atoms with Crippen LogP contribution < -0.4 is 14.9 Å². The Kier molecular flexibility index (Phi) is 7.55. The van der Waals surface area contributed by atoms with E-state index in [1.165, 1.54) is 0 Å². The lowest BCUT2D eigenvalue weighted by atomic mass is 9.53. The van der Waals surface area contributed by atoms with Crippen LogP contribution in [0.2, 0.25) is 5.02 Å². The number of hydrogen-bond donors (Lipinski definition) is 3. The Hall–Kier alpha value is -1.66. The smallest absolute Gasteiger partial charge is 0.155 e. The molecule has 2 aromatic carbocycles. The molecule has 2 aliphatic rings. The minimum absolute atomic E-state index is 0.221. The first-order valence-corrected chi connectivity index (χ1v) is 13.1. The van der Waals surface area contributed by atoms with E-state index in [1.807, 2.05) is 24.3 Å². The molecule has 0 bridgehead atoms. The third-order valence-electron chi connectivity index (χ3n) is 7.20. The Morgan fingerprint density at radius 2 is 1.86 bits per heavy atom. The number of alkyl halides is 1. The van der Waals surface area contributed by atoms with Crippen LogP contribution in [0.5, 0.6) is 11.5 Å². The predicted octanol–water partition coefficient (Wildman–Crippen LogP) is 6.03. The topological polar surface area (TPSA) is 74.5 Å². The van der Waals surface area contributed by atoms with Gasteiger partial charge in [-0.1, -0.05) is 41.7 Å². The number of nitriles is 1. The van der Waals surface area contributed by atoms with Crippen LogP contribution >= 0.6 is 36.0 Å². The number of halogens is 2. The van der Waals surface area contributed by atoms with Gasteiger partial charge < -0.3 is 9.47 Å². The standard InChI is InChI=1S/C26H32Cl2N3O3S/c1-25(2,19-10-17(16-29)24(23(28)11-19)33-9-8-27)18-4-6-21(7-5-18)34-22-14-26(15-22)12-20(13-26)30-31(3,32)35/h4-7,10-11,20,22,30,32,35H,8-9,12-15H2,1-3H3/q+1. The average molecular weight is 538 g/mol.